The molecule has 6 nitrogen and oxygen atoms in total. The third-order valence-electron chi connectivity index (χ3n) is 3.09. The zero-order valence-electron chi connectivity index (χ0n) is 11.6. The summed E-state index contributed by atoms with van der Waals surface area (Å²) in [5.74, 6) is 0.849. The van der Waals surface area contributed by atoms with Crippen LogP contribution in [0.25, 0.3) is 10.9 Å². The fourth-order valence-corrected chi connectivity index (χ4v) is 2.19. The van der Waals surface area contributed by atoms with Crippen molar-refractivity contribution in [3.63, 3.8) is 0 Å². The summed E-state index contributed by atoms with van der Waals surface area (Å²) >= 11 is 0. The fraction of sp³-hybridized carbons (Fsp3) is 0.429. The quantitative estimate of drug-likeness (QED) is 0.896. The summed E-state index contributed by atoms with van der Waals surface area (Å²) in [6.07, 6.45) is 0.710. The van der Waals surface area contributed by atoms with Crippen molar-refractivity contribution in [2.75, 3.05) is 5.32 Å². The second-order valence-corrected chi connectivity index (χ2v) is 5.12. The number of hydrogen-bond acceptors (Lipinski definition) is 6. The monoisotopic (exact) mass is 275 g/mol. The summed E-state index contributed by atoms with van der Waals surface area (Å²) in [7, 11) is 0. The third-order valence-corrected chi connectivity index (χ3v) is 3.09. The molecule has 0 amide bonds. The molecule has 0 atom stereocenters. The molecule has 1 aromatic heterocycles. The van der Waals surface area contributed by atoms with Gasteiger partial charge in [0.25, 0.3) is 0 Å². The largest absolute Gasteiger partial charge is 0.507 e. The van der Waals surface area contributed by atoms with E-state index in [0.717, 1.165) is 11.2 Å². The van der Waals surface area contributed by atoms with Crippen molar-refractivity contribution in [3.05, 3.63) is 24.0 Å². The molecule has 3 rings (SSSR count). The Kier molecular flexibility index (Phi) is 3.19. The second-order valence-electron chi connectivity index (χ2n) is 5.12. The number of anilines is 1. The number of hydrogen-bond donors (Lipinski definition) is 2. The minimum Gasteiger partial charge on any atom is -0.507 e. The highest BCUT2D eigenvalue weighted by molar-refractivity contribution is 5.90. The standard InChI is InChI=1S/C14H17N3O3/c1-7(2)17-13-9-4-10(14-19-8(3)20-14)12(18)5-11(9)15-6-16-13/h4-8,14,18H,1-3H3,(H,15,16,17). The first-order valence-electron chi connectivity index (χ1n) is 6.59. The van der Waals surface area contributed by atoms with Gasteiger partial charge in [-0.2, -0.15) is 0 Å². The fourth-order valence-electron chi connectivity index (χ4n) is 2.19. The minimum atomic E-state index is -0.526. The van der Waals surface area contributed by atoms with Crippen LogP contribution in [0.2, 0.25) is 0 Å². The van der Waals surface area contributed by atoms with Crippen LogP contribution in [0.1, 0.15) is 32.6 Å². The van der Waals surface area contributed by atoms with E-state index in [1.165, 1.54) is 6.33 Å². The molecule has 1 aliphatic heterocycles. The van der Waals surface area contributed by atoms with Gasteiger partial charge in [-0.3, -0.25) is 0 Å². The minimum absolute atomic E-state index is 0.114. The van der Waals surface area contributed by atoms with E-state index < -0.39 is 6.29 Å². The smallest absolute Gasteiger partial charge is 0.193 e. The predicted octanol–water partition coefficient (Wildman–Crippen LogP) is 2.55. The molecule has 2 N–H and O–H groups in total. The first-order valence-corrected chi connectivity index (χ1v) is 6.59. The van der Waals surface area contributed by atoms with E-state index in [2.05, 4.69) is 15.3 Å². The van der Waals surface area contributed by atoms with Crippen LogP contribution in [0, 0.1) is 0 Å². The zero-order chi connectivity index (χ0) is 14.3. The average Bonchev–Trinajstić information content (AvgIpc) is 2.34. The lowest BCUT2D eigenvalue weighted by atomic mass is 10.1. The van der Waals surface area contributed by atoms with Crippen molar-refractivity contribution in [1.29, 1.82) is 0 Å². The van der Waals surface area contributed by atoms with Gasteiger partial charge in [-0.25, -0.2) is 9.97 Å². The number of fused-ring (bicyclic) bond motifs is 1. The van der Waals surface area contributed by atoms with Gasteiger partial charge in [-0.05, 0) is 26.8 Å². The molecule has 1 fully saturated rings. The van der Waals surface area contributed by atoms with E-state index in [0.29, 0.717) is 11.1 Å². The van der Waals surface area contributed by atoms with E-state index in [-0.39, 0.29) is 18.1 Å². The Morgan fingerprint density at radius 3 is 2.65 bits per heavy atom. The van der Waals surface area contributed by atoms with Gasteiger partial charge in [-0.1, -0.05) is 0 Å². The van der Waals surface area contributed by atoms with Crippen LogP contribution in [0.5, 0.6) is 5.75 Å². The Bertz CT molecular complexity index is 639. The molecular formula is C14H17N3O3. The molecule has 1 aromatic carbocycles. The van der Waals surface area contributed by atoms with Crippen molar-refractivity contribution < 1.29 is 14.6 Å². The maximum atomic E-state index is 10.1. The topological polar surface area (TPSA) is 76.5 Å². The van der Waals surface area contributed by atoms with Crippen LogP contribution in [0.3, 0.4) is 0 Å². The number of aromatic nitrogens is 2. The van der Waals surface area contributed by atoms with Gasteiger partial charge in [0.1, 0.15) is 17.9 Å². The lowest BCUT2D eigenvalue weighted by Gasteiger charge is -2.34. The molecule has 0 radical (unpaired) electrons. The molecule has 6 heteroatoms. The lowest BCUT2D eigenvalue weighted by Crippen LogP contribution is -2.31. The molecule has 1 aliphatic rings. The van der Waals surface area contributed by atoms with E-state index in [1.54, 1.807) is 6.07 Å². The Hall–Kier alpha value is -1.92. The van der Waals surface area contributed by atoms with Gasteiger partial charge in [-0.15, -0.1) is 0 Å². The van der Waals surface area contributed by atoms with Gasteiger partial charge in [0, 0.05) is 17.5 Å². The maximum Gasteiger partial charge on any atom is 0.193 e. The van der Waals surface area contributed by atoms with Gasteiger partial charge >= 0.3 is 0 Å². The first kappa shape index (κ1) is 13.1. The second kappa shape index (κ2) is 4.88. The highest BCUT2D eigenvalue weighted by Crippen LogP contribution is 2.39. The van der Waals surface area contributed by atoms with Gasteiger partial charge < -0.3 is 19.9 Å². The van der Waals surface area contributed by atoms with Crippen LogP contribution >= 0.6 is 0 Å². The Balaban J connectivity index is 2.07. The molecule has 2 aromatic rings. The van der Waals surface area contributed by atoms with E-state index in [9.17, 15) is 5.11 Å². The van der Waals surface area contributed by atoms with Crippen LogP contribution < -0.4 is 5.32 Å². The summed E-state index contributed by atoms with van der Waals surface area (Å²) in [6.45, 7) is 5.88. The number of phenolic OH excluding ortho intramolecular Hbond substituents is 1. The van der Waals surface area contributed by atoms with E-state index in [1.807, 2.05) is 26.8 Å². The Morgan fingerprint density at radius 1 is 1.25 bits per heavy atom. The average molecular weight is 275 g/mol. The van der Waals surface area contributed by atoms with Crippen LogP contribution in [-0.2, 0) is 9.47 Å². The third kappa shape index (κ3) is 2.28. The molecule has 106 valence electrons. The summed E-state index contributed by atoms with van der Waals surface area (Å²) in [6, 6.07) is 3.67. The lowest BCUT2D eigenvalue weighted by molar-refractivity contribution is -0.382. The number of nitrogens with one attached hydrogen (secondary N) is 1. The van der Waals surface area contributed by atoms with Gasteiger partial charge in [0.15, 0.2) is 12.6 Å². The number of rotatable bonds is 3. The molecule has 0 bridgehead atoms. The highest BCUT2D eigenvalue weighted by Gasteiger charge is 2.31. The van der Waals surface area contributed by atoms with Crippen molar-refractivity contribution in [2.24, 2.45) is 0 Å². The van der Waals surface area contributed by atoms with E-state index in [4.69, 9.17) is 9.47 Å². The number of ether oxygens (including phenoxy) is 2. The van der Waals surface area contributed by atoms with Crippen LogP contribution in [0.15, 0.2) is 18.5 Å². The van der Waals surface area contributed by atoms with Crippen molar-refractivity contribution in [1.82, 2.24) is 9.97 Å². The molecule has 0 saturated carbocycles. The SMILES string of the molecule is CC(C)Nc1ncnc2cc(O)c(C3OC(C)O3)cc12. The molecule has 0 spiro atoms. The first-order chi connectivity index (χ1) is 9.54. The van der Waals surface area contributed by atoms with Crippen molar-refractivity contribution >= 4 is 16.7 Å². The number of phenols is 1. The Morgan fingerprint density at radius 2 is 2.00 bits per heavy atom. The predicted molar refractivity (Wildman–Crippen MR) is 74.3 cm³/mol. The normalized spacial score (nSPS) is 22.0. The summed E-state index contributed by atoms with van der Waals surface area (Å²) in [5.41, 5.74) is 1.27. The number of benzene rings is 1. The van der Waals surface area contributed by atoms with Crippen LogP contribution in [-0.4, -0.2) is 27.4 Å². The Labute approximate surface area is 116 Å². The summed E-state index contributed by atoms with van der Waals surface area (Å²) in [5, 5.41) is 14.2. The molecule has 0 unspecified atom stereocenters. The summed E-state index contributed by atoms with van der Waals surface area (Å²) in [4.78, 5) is 8.43. The molecule has 1 saturated heterocycles. The number of nitrogens with zero attached hydrogens (tertiary/aromatic N) is 2. The molecule has 0 aliphatic carbocycles. The van der Waals surface area contributed by atoms with Gasteiger partial charge in [0.05, 0.1) is 11.1 Å². The zero-order valence-corrected chi connectivity index (χ0v) is 11.6. The summed E-state index contributed by atoms with van der Waals surface area (Å²) < 4.78 is 10.9. The van der Waals surface area contributed by atoms with Crippen molar-refractivity contribution in [3.8, 4) is 5.75 Å². The highest BCUT2D eigenvalue weighted by atomic mass is 16.9. The van der Waals surface area contributed by atoms with Crippen molar-refractivity contribution in [2.45, 2.75) is 39.4 Å². The van der Waals surface area contributed by atoms with Crippen LogP contribution in [0.4, 0.5) is 5.82 Å². The number of aromatic hydroxyl groups is 1. The molecular weight excluding hydrogens is 258 g/mol. The van der Waals surface area contributed by atoms with E-state index >= 15 is 0 Å². The van der Waals surface area contributed by atoms with Gasteiger partial charge in [0.2, 0.25) is 0 Å². The molecule has 20 heavy (non-hydrogen) atoms. The maximum absolute atomic E-state index is 10.1. The molecule has 2 heterocycles.